The number of halogens is 3. The molecule has 0 heterocycles. The molecule has 0 bridgehead atoms. The fourth-order valence-corrected chi connectivity index (χ4v) is 1.37. The zero-order valence-corrected chi connectivity index (χ0v) is 9.49. The summed E-state index contributed by atoms with van der Waals surface area (Å²) in [5.74, 6) is 0.222. The van der Waals surface area contributed by atoms with Gasteiger partial charge in [0.2, 0.25) is 0 Å². The zero-order valence-electron chi connectivity index (χ0n) is 7.15. The molecular formula is C10H9BrClF. The van der Waals surface area contributed by atoms with Gasteiger partial charge in [-0.25, -0.2) is 4.39 Å². The van der Waals surface area contributed by atoms with Crippen molar-refractivity contribution in [1.82, 2.24) is 0 Å². The zero-order chi connectivity index (χ0) is 9.84. The molecule has 1 rings (SSSR count). The largest absolute Gasteiger partial charge is 0.207 e. The number of hydrogen-bond acceptors (Lipinski definition) is 0. The SMILES string of the molecule is C/C(=C/c1cc(F)ccc1Br)CCl. The van der Waals surface area contributed by atoms with E-state index in [0.717, 1.165) is 15.6 Å². The Labute approximate surface area is 90.5 Å². The first-order valence-electron chi connectivity index (χ1n) is 3.81. The monoisotopic (exact) mass is 262 g/mol. The van der Waals surface area contributed by atoms with E-state index in [1.165, 1.54) is 12.1 Å². The van der Waals surface area contributed by atoms with Crippen molar-refractivity contribution < 1.29 is 4.39 Å². The van der Waals surface area contributed by atoms with Gasteiger partial charge in [-0.2, -0.15) is 0 Å². The Balaban J connectivity index is 3.07. The number of benzene rings is 1. The van der Waals surface area contributed by atoms with Crippen molar-refractivity contribution in [3.05, 3.63) is 39.6 Å². The summed E-state index contributed by atoms with van der Waals surface area (Å²) in [4.78, 5) is 0. The van der Waals surface area contributed by atoms with Crippen LogP contribution in [-0.2, 0) is 0 Å². The summed E-state index contributed by atoms with van der Waals surface area (Å²) in [5, 5.41) is 0. The Hall–Kier alpha value is -0.340. The second kappa shape index (κ2) is 4.77. The molecule has 0 saturated carbocycles. The molecule has 0 fully saturated rings. The molecule has 0 atom stereocenters. The number of hydrogen-bond donors (Lipinski definition) is 0. The van der Waals surface area contributed by atoms with Crippen LogP contribution >= 0.6 is 27.5 Å². The van der Waals surface area contributed by atoms with Gasteiger partial charge in [0.05, 0.1) is 0 Å². The van der Waals surface area contributed by atoms with Gasteiger partial charge in [0.25, 0.3) is 0 Å². The van der Waals surface area contributed by atoms with Crippen LogP contribution in [0.2, 0.25) is 0 Å². The average molecular weight is 264 g/mol. The normalized spacial score (nSPS) is 11.8. The minimum Gasteiger partial charge on any atom is -0.207 e. The van der Waals surface area contributed by atoms with Crippen molar-refractivity contribution in [2.24, 2.45) is 0 Å². The van der Waals surface area contributed by atoms with Gasteiger partial charge < -0.3 is 0 Å². The molecule has 0 amide bonds. The van der Waals surface area contributed by atoms with Gasteiger partial charge in [0.1, 0.15) is 5.82 Å². The lowest BCUT2D eigenvalue weighted by Crippen LogP contribution is -1.82. The second-order valence-electron chi connectivity index (χ2n) is 2.79. The van der Waals surface area contributed by atoms with E-state index in [1.54, 1.807) is 6.07 Å². The highest BCUT2D eigenvalue weighted by Crippen LogP contribution is 2.20. The van der Waals surface area contributed by atoms with Crippen LogP contribution < -0.4 is 0 Å². The molecule has 70 valence electrons. The summed E-state index contributed by atoms with van der Waals surface area (Å²) < 4.78 is 13.7. The van der Waals surface area contributed by atoms with Gasteiger partial charge in [-0.15, -0.1) is 11.6 Å². The third-order valence-corrected chi connectivity index (χ3v) is 2.71. The topological polar surface area (TPSA) is 0 Å². The van der Waals surface area contributed by atoms with E-state index in [0.29, 0.717) is 5.88 Å². The Bertz CT molecular complexity index is 334. The molecular weight excluding hydrogens is 254 g/mol. The molecule has 0 nitrogen and oxygen atoms in total. The third kappa shape index (κ3) is 3.12. The first-order valence-corrected chi connectivity index (χ1v) is 5.14. The highest BCUT2D eigenvalue weighted by molar-refractivity contribution is 9.10. The molecule has 0 unspecified atom stereocenters. The first kappa shape index (κ1) is 10.7. The molecule has 0 aliphatic rings. The molecule has 1 aromatic rings. The smallest absolute Gasteiger partial charge is 0.123 e. The molecule has 0 N–H and O–H groups in total. The van der Waals surface area contributed by atoms with Crippen molar-refractivity contribution in [2.45, 2.75) is 6.92 Å². The number of alkyl halides is 1. The maximum Gasteiger partial charge on any atom is 0.123 e. The van der Waals surface area contributed by atoms with Gasteiger partial charge in [-0.1, -0.05) is 27.6 Å². The predicted molar refractivity (Wildman–Crippen MR) is 58.5 cm³/mol. The van der Waals surface area contributed by atoms with E-state index < -0.39 is 0 Å². The van der Waals surface area contributed by atoms with E-state index in [9.17, 15) is 4.39 Å². The fourth-order valence-electron chi connectivity index (χ4n) is 0.929. The molecule has 0 aromatic heterocycles. The van der Waals surface area contributed by atoms with Crippen LogP contribution in [0.4, 0.5) is 4.39 Å². The highest BCUT2D eigenvalue weighted by Gasteiger charge is 1.98. The summed E-state index contributed by atoms with van der Waals surface area (Å²) in [5.41, 5.74) is 1.83. The molecule has 0 aliphatic carbocycles. The summed E-state index contributed by atoms with van der Waals surface area (Å²) in [6, 6.07) is 4.57. The second-order valence-corrected chi connectivity index (χ2v) is 3.91. The molecule has 0 spiro atoms. The van der Waals surface area contributed by atoms with E-state index in [4.69, 9.17) is 11.6 Å². The van der Waals surface area contributed by atoms with E-state index in [2.05, 4.69) is 15.9 Å². The molecule has 13 heavy (non-hydrogen) atoms. The van der Waals surface area contributed by atoms with Crippen LogP contribution in [0.15, 0.2) is 28.2 Å². The Morgan fingerprint density at radius 2 is 2.31 bits per heavy atom. The quantitative estimate of drug-likeness (QED) is 0.701. The first-order chi connectivity index (χ1) is 6.13. The summed E-state index contributed by atoms with van der Waals surface area (Å²) >= 11 is 8.95. The van der Waals surface area contributed by atoms with Crippen LogP contribution in [0.3, 0.4) is 0 Å². The van der Waals surface area contributed by atoms with Crippen LogP contribution in [0, 0.1) is 5.82 Å². The van der Waals surface area contributed by atoms with E-state index in [1.807, 2.05) is 13.0 Å². The predicted octanol–water partition coefficient (Wildman–Crippen LogP) is 4.23. The van der Waals surface area contributed by atoms with Crippen molar-refractivity contribution >= 4 is 33.6 Å². The van der Waals surface area contributed by atoms with Crippen molar-refractivity contribution in [1.29, 1.82) is 0 Å². The summed E-state index contributed by atoms with van der Waals surface area (Å²) in [7, 11) is 0. The molecule has 3 heteroatoms. The standard InChI is InChI=1S/C10H9BrClF/c1-7(6-12)4-8-5-9(13)2-3-10(8)11/h2-5H,6H2,1H3/b7-4-. The number of allylic oxidation sites excluding steroid dienone is 1. The average Bonchev–Trinajstić information content (AvgIpc) is 2.11. The highest BCUT2D eigenvalue weighted by atomic mass is 79.9. The lowest BCUT2D eigenvalue weighted by molar-refractivity contribution is 0.627. The summed E-state index contributed by atoms with van der Waals surface area (Å²) in [6.45, 7) is 1.91. The molecule has 1 aromatic carbocycles. The lowest BCUT2D eigenvalue weighted by atomic mass is 10.1. The van der Waals surface area contributed by atoms with Gasteiger partial charge in [0, 0.05) is 10.4 Å². The summed E-state index contributed by atoms with van der Waals surface area (Å²) in [6.07, 6.45) is 1.86. The molecule has 0 saturated heterocycles. The van der Waals surface area contributed by atoms with Crippen molar-refractivity contribution in [3.63, 3.8) is 0 Å². The third-order valence-electron chi connectivity index (χ3n) is 1.57. The van der Waals surface area contributed by atoms with Gasteiger partial charge in [0.15, 0.2) is 0 Å². The minimum absolute atomic E-state index is 0.239. The Morgan fingerprint density at radius 3 is 2.92 bits per heavy atom. The molecule has 0 radical (unpaired) electrons. The molecule has 0 aliphatic heterocycles. The maximum atomic E-state index is 12.8. The van der Waals surface area contributed by atoms with Crippen LogP contribution in [0.25, 0.3) is 6.08 Å². The number of rotatable bonds is 2. The van der Waals surface area contributed by atoms with Gasteiger partial charge >= 0.3 is 0 Å². The minimum atomic E-state index is -0.239. The fraction of sp³-hybridized carbons (Fsp3) is 0.200. The van der Waals surface area contributed by atoms with E-state index >= 15 is 0 Å². The lowest BCUT2D eigenvalue weighted by Gasteiger charge is -2.00. The van der Waals surface area contributed by atoms with Crippen molar-refractivity contribution in [3.8, 4) is 0 Å². The van der Waals surface area contributed by atoms with Crippen LogP contribution in [-0.4, -0.2) is 5.88 Å². The van der Waals surface area contributed by atoms with Gasteiger partial charge in [-0.3, -0.25) is 0 Å². The van der Waals surface area contributed by atoms with E-state index in [-0.39, 0.29) is 5.82 Å². The van der Waals surface area contributed by atoms with Crippen molar-refractivity contribution in [2.75, 3.05) is 5.88 Å². The van der Waals surface area contributed by atoms with Gasteiger partial charge in [-0.05, 0) is 30.7 Å². The van der Waals surface area contributed by atoms with Crippen LogP contribution in [0.1, 0.15) is 12.5 Å². The maximum absolute atomic E-state index is 12.8. The van der Waals surface area contributed by atoms with Crippen LogP contribution in [0.5, 0.6) is 0 Å². The Kier molecular flexibility index (Phi) is 3.94. The Morgan fingerprint density at radius 1 is 1.62 bits per heavy atom.